The van der Waals surface area contributed by atoms with E-state index in [1.165, 1.54) is 6.33 Å². The van der Waals surface area contributed by atoms with Crippen LogP contribution >= 0.6 is 0 Å². The minimum atomic E-state index is -0.0514. The van der Waals surface area contributed by atoms with E-state index in [4.69, 9.17) is 0 Å². The van der Waals surface area contributed by atoms with Gasteiger partial charge in [-0.25, -0.2) is 14.5 Å². The van der Waals surface area contributed by atoms with Gasteiger partial charge in [0.2, 0.25) is 0 Å². The van der Waals surface area contributed by atoms with Crippen LogP contribution in [0.5, 0.6) is 0 Å². The summed E-state index contributed by atoms with van der Waals surface area (Å²) in [6.07, 6.45) is 5.07. The Balaban J connectivity index is 1.91. The Morgan fingerprint density at radius 3 is 2.86 bits per heavy atom. The zero-order valence-electron chi connectivity index (χ0n) is 11.5. The van der Waals surface area contributed by atoms with Gasteiger partial charge in [0.05, 0.1) is 16.7 Å². The molecule has 7 nitrogen and oxygen atoms in total. The van der Waals surface area contributed by atoms with Crippen LogP contribution in [-0.2, 0) is 0 Å². The lowest BCUT2D eigenvalue weighted by Crippen LogP contribution is -2.33. The van der Waals surface area contributed by atoms with Gasteiger partial charge in [-0.05, 0) is 38.1 Å². The molecule has 1 aliphatic rings. The molecule has 0 radical (unpaired) electrons. The summed E-state index contributed by atoms with van der Waals surface area (Å²) in [7, 11) is 0. The Morgan fingerprint density at radius 1 is 1.24 bits per heavy atom. The van der Waals surface area contributed by atoms with Crippen molar-refractivity contribution in [3.63, 3.8) is 0 Å². The van der Waals surface area contributed by atoms with E-state index in [9.17, 15) is 4.79 Å². The molecule has 4 rings (SSSR count). The fourth-order valence-corrected chi connectivity index (χ4v) is 3.08. The molecule has 0 aliphatic carbocycles. The van der Waals surface area contributed by atoms with Crippen LogP contribution in [0.4, 0.5) is 0 Å². The standard InChI is InChI=1S/C14H16N6O/c21-14-18-13-11(19-9-16-8-17-19)2-1-3-12(13)20(14)10-4-6-15-7-5-10/h1-3,8-10,15H,4-7H2,(H,18,21). The van der Waals surface area contributed by atoms with Gasteiger partial charge in [-0.3, -0.25) is 4.57 Å². The smallest absolute Gasteiger partial charge is 0.317 e. The number of imidazole rings is 1. The van der Waals surface area contributed by atoms with Crippen molar-refractivity contribution in [1.82, 2.24) is 29.6 Å². The number of nitrogens with zero attached hydrogens (tertiary/aromatic N) is 4. The summed E-state index contributed by atoms with van der Waals surface area (Å²) in [6, 6.07) is 6.11. The molecule has 1 saturated heterocycles. The van der Waals surface area contributed by atoms with E-state index in [2.05, 4.69) is 20.4 Å². The van der Waals surface area contributed by atoms with E-state index in [0.29, 0.717) is 0 Å². The highest BCUT2D eigenvalue weighted by Crippen LogP contribution is 2.24. The molecule has 108 valence electrons. The zero-order valence-corrected chi connectivity index (χ0v) is 11.5. The Kier molecular flexibility index (Phi) is 2.85. The molecule has 21 heavy (non-hydrogen) atoms. The molecule has 3 aromatic rings. The highest BCUT2D eigenvalue weighted by molar-refractivity contribution is 5.84. The molecule has 2 aromatic heterocycles. The van der Waals surface area contributed by atoms with Crippen LogP contribution in [0.3, 0.4) is 0 Å². The van der Waals surface area contributed by atoms with Gasteiger partial charge in [0.25, 0.3) is 0 Å². The zero-order chi connectivity index (χ0) is 14.2. The van der Waals surface area contributed by atoms with E-state index in [1.54, 1.807) is 11.0 Å². The van der Waals surface area contributed by atoms with Crippen LogP contribution < -0.4 is 11.0 Å². The van der Waals surface area contributed by atoms with Crippen molar-refractivity contribution < 1.29 is 0 Å². The van der Waals surface area contributed by atoms with Gasteiger partial charge in [-0.1, -0.05) is 6.07 Å². The minimum absolute atomic E-state index is 0.0514. The van der Waals surface area contributed by atoms with Gasteiger partial charge in [-0.2, -0.15) is 5.10 Å². The average Bonchev–Trinajstić information content (AvgIpc) is 3.14. The second-order valence-electron chi connectivity index (χ2n) is 5.29. The van der Waals surface area contributed by atoms with Crippen molar-refractivity contribution in [3.05, 3.63) is 41.3 Å². The largest absolute Gasteiger partial charge is 0.326 e. The summed E-state index contributed by atoms with van der Waals surface area (Å²) in [5.74, 6) is 0. The van der Waals surface area contributed by atoms with Gasteiger partial charge in [0.1, 0.15) is 12.7 Å². The van der Waals surface area contributed by atoms with E-state index in [-0.39, 0.29) is 11.7 Å². The topological polar surface area (TPSA) is 80.5 Å². The van der Waals surface area contributed by atoms with Crippen LogP contribution in [0.2, 0.25) is 0 Å². The fraction of sp³-hybridized carbons (Fsp3) is 0.357. The number of aromatic nitrogens is 5. The molecular weight excluding hydrogens is 268 g/mol. The number of fused-ring (bicyclic) bond motifs is 1. The molecule has 0 bridgehead atoms. The average molecular weight is 284 g/mol. The van der Waals surface area contributed by atoms with Crippen LogP contribution in [0.1, 0.15) is 18.9 Å². The second kappa shape index (κ2) is 4.85. The molecule has 1 aliphatic heterocycles. The lowest BCUT2D eigenvalue weighted by Gasteiger charge is -2.23. The molecule has 1 aromatic carbocycles. The number of aromatic amines is 1. The molecule has 0 amide bonds. The normalized spacial score (nSPS) is 16.6. The number of hydrogen-bond acceptors (Lipinski definition) is 4. The third kappa shape index (κ3) is 1.97. The molecule has 0 atom stereocenters. The summed E-state index contributed by atoms with van der Waals surface area (Å²) in [5.41, 5.74) is 2.53. The number of benzene rings is 1. The number of hydrogen-bond donors (Lipinski definition) is 2. The first kappa shape index (κ1) is 12.3. The Morgan fingerprint density at radius 2 is 2.10 bits per heavy atom. The number of rotatable bonds is 2. The predicted molar refractivity (Wildman–Crippen MR) is 78.6 cm³/mol. The monoisotopic (exact) mass is 284 g/mol. The third-order valence-electron chi connectivity index (χ3n) is 4.07. The third-order valence-corrected chi connectivity index (χ3v) is 4.07. The van der Waals surface area contributed by atoms with Gasteiger partial charge < -0.3 is 10.3 Å². The van der Waals surface area contributed by atoms with E-state index in [1.807, 2.05) is 22.8 Å². The molecule has 3 heterocycles. The van der Waals surface area contributed by atoms with Gasteiger partial charge >= 0.3 is 5.69 Å². The second-order valence-corrected chi connectivity index (χ2v) is 5.29. The predicted octanol–water partition coefficient (Wildman–Crippen LogP) is 0.835. The number of para-hydroxylation sites is 1. The summed E-state index contributed by atoms with van der Waals surface area (Å²) in [6.45, 7) is 1.90. The van der Waals surface area contributed by atoms with Gasteiger partial charge in [-0.15, -0.1) is 0 Å². The molecule has 0 saturated carbocycles. The molecule has 0 unspecified atom stereocenters. The van der Waals surface area contributed by atoms with Crippen molar-refractivity contribution in [2.24, 2.45) is 0 Å². The molecular formula is C14H16N6O. The Hall–Kier alpha value is -2.41. The van der Waals surface area contributed by atoms with E-state index in [0.717, 1.165) is 42.7 Å². The van der Waals surface area contributed by atoms with Crippen LogP contribution in [-0.4, -0.2) is 37.4 Å². The van der Waals surface area contributed by atoms with Crippen molar-refractivity contribution in [2.75, 3.05) is 13.1 Å². The Bertz CT molecular complexity index is 810. The lowest BCUT2D eigenvalue weighted by atomic mass is 10.1. The maximum absolute atomic E-state index is 12.4. The quantitative estimate of drug-likeness (QED) is 0.730. The maximum Gasteiger partial charge on any atom is 0.326 e. The van der Waals surface area contributed by atoms with Crippen LogP contribution in [0.25, 0.3) is 16.7 Å². The van der Waals surface area contributed by atoms with Crippen molar-refractivity contribution in [2.45, 2.75) is 18.9 Å². The van der Waals surface area contributed by atoms with Crippen molar-refractivity contribution in [1.29, 1.82) is 0 Å². The van der Waals surface area contributed by atoms with E-state index < -0.39 is 0 Å². The van der Waals surface area contributed by atoms with Crippen LogP contribution in [0.15, 0.2) is 35.6 Å². The summed E-state index contributed by atoms with van der Waals surface area (Å²) in [5, 5.41) is 7.48. The first-order valence-electron chi connectivity index (χ1n) is 7.13. The number of nitrogens with one attached hydrogen (secondary N) is 2. The summed E-state index contributed by atoms with van der Waals surface area (Å²) < 4.78 is 3.56. The first-order valence-corrected chi connectivity index (χ1v) is 7.13. The van der Waals surface area contributed by atoms with E-state index >= 15 is 0 Å². The van der Waals surface area contributed by atoms with Crippen LogP contribution in [0, 0.1) is 0 Å². The summed E-state index contributed by atoms with van der Waals surface area (Å²) in [4.78, 5) is 19.4. The number of H-pyrrole nitrogens is 1. The highest BCUT2D eigenvalue weighted by Gasteiger charge is 2.20. The molecule has 7 heteroatoms. The minimum Gasteiger partial charge on any atom is -0.317 e. The molecule has 0 spiro atoms. The SMILES string of the molecule is O=c1[nH]c2c(-n3cncn3)cccc2n1C1CCNCC1. The maximum atomic E-state index is 12.4. The fourth-order valence-electron chi connectivity index (χ4n) is 3.08. The van der Waals surface area contributed by atoms with Gasteiger partial charge in [0.15, 0.2) is 0 Å². The lowest BCUT2D eigenvalue weighted by molar-refractivity contribution is 0.368. The van der Waals surface area contributed by atoms with Gasteiger partial charge in [0, 0.05) is 6.04 Å². The highest BCUT2D eigenvalue weighted by atomic mass is 16.1. The molecule has 2 N–H and O–H groups in total. The first-order chi connectivity index (χ1) is 10.3. The Labute approximate surface area is 120 Å². The molecule has 1 fully saturated rings. The summed E-state index contributed by atoms with van der Waals surface area (Å²) >= 11 is 0. The van der Waals surface area contributed by atoms with Crippen molar-refractivity contribution >= 4 is 11.0 Å². The number of piperidine rings is 1. The van der Waals surface area contributed by atoms with Crippen molar-refractivity contribution in [3.8, 4) is 5.69 Å².